The molecule has 12 nitrogen and oxygen atoms in total. The number of para-hydroxylation sites is 2. The zero-order valence-electron chi connectivity index (χ0n) is 31.7. The van der Waals surface area contributed by atoms with Crippen LogP contribution in [-0.4, -0.2) is 93.3 Å². The highest BCUT2D eigenvalue weighted by molar-refractivity contribution is 5.93. The Bertz CT molecular complexity index is 1890. The number of ether oxygens (including phenoxy) is 1. The molecule has 0 radical (unpaired) electrons. The van der Waals surface area contributed by atoms with Gasteiger partial charge in [-0.15, -0.1) is 0 Å². The summed E-state index contributed by atoms with van der Waals surface area (Å²) in [4.78, 5) is 58.2. The molecule has 4 amide bonds. The fraction of sp³-hybridized carbons (Fsp3) is 0.429. The van der Waals surface area contributed by atoms with E-state index < -0.39 is 54.1 Å². The molecule has 54 heavy (non-hydrogen) atoms. The van der Waals surface area contributed by atoms with E-state index in [4.69, 9.17) is 4.74 Å². The second-order valence-corrected chi connectivity index (χ2v) is 14.6. The minimum Gasteiger partial charge on any atom is -0.483 e. The number of benzene rings is 3. The third kappa shape index (κ3) is 9.86. The summed E-state index contributed by atoms with van der Waals surface area (Å²) < 4.78 is 5.87. The molecule has 1 aromatic heterocycles. The number of hydrogen-bond acceptors (Lipinski definition) is 7. The summed E-state index contributed by atoms with van der Waals surface area (Å²) in [5.74, 6) is -1.47. The lowest BCUT2D eigenvalue weighted by Crippen LogP contribution is -2.60. The minimum atomic E-state index is -1.44. The van der Waals surface area contributed by atoms with Gasteiger partial charge in [0.05, 0.1) is 12.1 Å². The van der Waals surface area contributed by atoms with Gasteiger partial charge in [-0.25, -0.2) is 0 Å². The molecule has 5 rings (SSSR count). The number of nitrogens with zero attached hydrogens (tertiary/aromatic N) is 1. The van der Waals surface area contributed by atoms with Crippen molar-refractivity contribution in [3.8, 4) is 5.75 Å². The molecule has 0 bridgehead atoms. The average molecular weight is 740 g/mol. The van der Waals surface area contributed by atoms with E-state index >= 15 is 0 Å². The van der Waals surface area contributed by atoms with E-state index in [0.29, 0.717) is 25.1 Å². The van der Waals surface area contributed by atoms with Crippen LogP contribution in [0.5, 0.6) is 5.75 Å². The molecule has 6 N–H and O–H groups in total. The Kier molecular flexibility index (Phi) is 13.5. The number of aromatic amines is 1. The summed E-state index contributed by atoms with van der Waals surface area (Å²) in [6.45, 7) is 8.80. The number of hydrogen-bond donors (Lipinski definition) is 6. The van der Waals surface area contributed by atoms with Gasteiger partial charge < -0.3 is 40.8 Å². The maximum atomic E-state index is 14.2. The van der Waals surface area contributed by atoms with Crippen molar-refractivity contribution in [1.29, 1.82) is 0 Å². The number of aromatic nitrogens is 1. The fourth-order valence-electron chi connectivity index (χ4n) is 7.35. The van der Waals surface area contributed by atoms with Gasteiger partial charge in [0.1, 0.15) is 30.0 Å². The van der Waals surface area contributed by atoms with Crippen molar-refractivity contribution in [3.63, 3.8) is 0 Å². The summed E-state index contributed by atoms with van der Waals surface area (Å²) in [5, 5.41) is 32.9. The Labute approximate surface area is 316 Å². The number of H-pyrrole nitrogens is 1. The molecule has 0 spiro atoms. The summed E-state index contributed by atoms with van der Waals surface area (Å²) in [5.41, 5.74) is 4.37. The van der Waals surface area contributed by atoms with Crippen molar-refractivity contribution in [1.82, 2.24) is 25.8 Å². The topological polar surface area (TPSA) is 173 Å². The predicted octanol–water partition coefficient (Wildman–Crippen LogP) is 3.49. The summed E-state index contributed by atoms with van der Waals surface area (Å²) >= 11 is 0. The highest BCUT2D eigenvalue weighted by Gasteiger charge is 2.43. The number of aliphatic hydroxyl groups excluding tert-OH is 2. The van der Waals surface area contributed by atoms with Crippen LogP contribution in [0.25, 0.3) is 10.9 Å². The normalized spacial score (nSPS) is 17.0. The number of carbonyl (C=O) groups excluding carboxylic acids is 4. The number of nitrogens with one attached hydrogen (secondary N) is 4. The third-order valence-corrected chi connectivity index (χ3v) is 10.2. The first kappa shape index (κ1) is 40.0. The number of amides is 4. The van der Waals surface area contributed by atoms with E-state index in [0.717, 1.165) is 33.2 Å². The van der Waals surface area contributed by atoms with Crippen LogP contribution in [0, 0.1) is 19.8 Å². The zero-order chi connectivity index (χ0) is 38.9. The molecule has 0 aliphatic carbocycles. The van der Waals surface area contributed by atoms with Crippen LogP contribution in [0.1, 0.15) is 55.9 Å². The molecule has 6 atom stereocenters. The quantitative estimate of drug-likeness (QED) is 0.102. The SMILES string of the molecule is CC(=O)N[C@@H](Cc1c[nH]c2ccccc12)C(=O)N[C@H](C(=O)N1CCC[C@H]1[C@H](O)[C@@H](O)[C@H](Cc1ccccc1)NC(=O)COc1c(C)cccc1C)C(C)C. The van der Waals surface area contributed by atoms with E-state index in [1.165, 1.54) is 11.8 Å². The lowest BCUT2D eigenvalue weighted by atomic mass is 9.92. The molecule has 2 heterocycles. The van der Waals surface area contributed by atoms with E-state index in [2.05, 4.69) is 20.9 Å². The van der Waals surface area contributed by atoms with Gasteiger partial charge in [-0.2, -0.15) is 0 Å². The molecule has 3 aromatic carbocycles. The van der Waals surface area contributed by atoms with E-state index in [1.54, 1.807) is 0 Å². The Morgan fingerprint density at radius 2 is 1.57 bits per heavy atom. The minimum absolute atomic E-state index is 0.204. The number of likely N-dealkylation sites (tertiary alicyclic amines) is 1. The van der Waals surface area contributed by atoms with Crippen molar-refractivity contribution in [2.75, 3.05) is 13.2 Å². The molecular formula is C42H53N5O7. The summed E-state index contributed by atoms with van der Waals surface area (Å²) in [6, 6.07) is 19.1. The smallest absolute Gasteiger partial charge is 0.258 e. The van der Waals surface area contributed by atoms with Crippen molar-refractivity contribution in [3.05, 3.63) is 101 Å². The van der Waals surface area contributed by atoms with Gasteiger partial charge in [-0.05, 0) is 67.3 Å². The van der Waals surface area contributed by atoms with Crippen molar-refractivity contribution in [2.45, 2.75) is 96.7 Å². The van der Waals surface area contributed by atoms with Gasteiger partial charge in [0.15, 0.2) is 6.61 Å². The van der Waals surface area contributed by atoms with Crippen LogP contribution in [-0.2, 0) is 32.0 Å². The number of carbonyl (C=O) groups is 4. The summed E-state index contributed by atoms with van der Waals surface area (Å²) in [6.07, 6.45) is 0.372. The number of aryl methyl sites for hydroxylation is 2. The molecule has 4 aromatic rings. The van der Waals surface area contributed by atoms with Gasteiger partial charge in [-0.3, -0.25) is 19.2 Å². The van der Waals surface area contributed by atoms with Gasteiger partial charge in [0.2, 0.25) is 17.7 Å². The van der Waals surface area contributed by atoms with Gasteiger partial charge in [0, 0.05) is 37.0 Å². The molecule has 0 saturated carbocycles. The lowest BCUT2D eigenvalue weighted by Gasteiger charge is -2.37. The Balaban J connectivity index is 1.30. The largest absolute Gasteiger partial charge is 0.483 e. The number of fused-ring (bicyclic) bond motifs is 1. The highest BCUT2D eigenvalue weighted by atomic mass is 16.5. The first-order valence-corrected chi connectivity index (χ1v) is 18.6. The molecule has 12 heteroatoms. The van der Waals surface area contributed by atoms with Crippen LogP contribution in [0.4, 0.5) is 0 Å². The van der Waals surface area contributed by atoms with E-state index in [9.17, 15) is 29.4 Å². The molecule has 0 unspecified atom stereocenters. The maximum Gasteiger partial charge on any atom is 0.258 e. The van der Waals surface area contributed by atoms with Gasteiger partial charge in [0.25, 0.3) is 5.91 Å². The predicted molar refractivity (Wildman–Crippen MR) is 207 cm³/mol. The first-order valence-electron chi connectivity index (χ1n) is 18.6. The lowest BCUT2D eigenvalue weighted by molar-refractivity contribution is -0.143. The first-order chi connectivity index (χ1) is 25.8. The van der Waals surface area contributed by atoms with Gasteiger partial charge in [-0.1, -0.05) is 80.6 Å². The van der Waals surface area contributed by atoms with E-state index in [1.807, 2.05) is 107 Å². The van der Waals surface area contributed by atoms with Crippen LogP contribution in [0.3, 0.4) is 0 Å². The Morgan fingerprint density at radius 1 is 0.889 bits per heavy atom. The third-order valence-electron chi connectivity index (χ3n) is 10.2. The number of aliphatic hydroxyl groups is 2. The summed E-state index contributed by atoms with van der Waals surface area (Å²) in [7, 11) is 0. The Morgan fingerprint density at radius 3 is 2.26 bits per heavy atom. The highest BCUT2D eigenvalue weighted by Crippen LogP contribution is 2.27. The second-order valence-electron chi connectivity index (χ2n) is 14.6. The average Bonchev–Trinajstić information content (AvgIpc) is 3.80. The van der Waals surface area contributed by atoms with Crippen LogP contribution >= 0.6 is 0 Å². The molecule has 1 aliphatic heterocycles. The van der Waals surface area contributed by atoms with Gasteiger partial charge >= 0.3 is 0 Å². The molecular weight excluding hydrogens is 686 g/mol. The van der Waals surface area contributed by atoms with Crippen molar-refractivity contribution in [2.24, 2.45) is 5.92 Å². The standard InChI is InChI=1S/C42H53N5O7/c1-25(2)37(46-41(52)34(44-28(5)48)22-30-23-43-32-18-10-9-17-31(30)32)42(53)47-20-12-19-35(47)39(51)38(50)33(21-29-15-7-6-8-16-29)45-36(49)24-54-40-26(3)13-11-14-27(40)4/h6-11,13-18,23,25,33-35,37-39,43,50-51H,12,19-22,24H2,1-5H3,(H,44,48)(H,45,49)(H,46,52)/t33-,34-,35-,37-,38-,39-/m0/s1. The van der Waals surface area contributed by atoms with E-state index in [-0.39, 0.29) is 31.3 Å². The second kappa shape index (κ2) is 18.2. The van der Waals surface area contributed by atoms with Crippen molar-refractivity contribution < 1.29 is 34.1 Å². The fourth-order valence-corrected chi connectivity index (χ4v) is 7.35. The monoisotopic (exact) mass is 739 g/mol. The Hall–Kier alpha value is -5.20. The van der Waals surface area contributed by atoms with Crippen LogP contribution in [0.15, 0.2) is 79.0 Å². The van der Waals surface area contributed by atoms with Crippen molar-refractivity contribution >= 4 is 34.5 Å². The molecule has 1 fully saturated rings. The van der Waals surface area contributed by atoms with Crippen LogP contribution in [0.2, 0.25) is 0 Å². The molecule has 1 saturated heterocycles. The van der Waals surface area contributed by atoms with Crippen LogP contribution < -0.4 is 20.7 Å². The zero-order valence-corrected chi connectivity index (χ0v) is 31.7. The number of rotatable bonds is 16. The molecule has 1 aliphatic rings. The molecule has 288 valence electrons. The maximum absolute atomic E-state index is 14.2.